The minimum absolute atomic E-state index is 0.0458. The normalized spacial score (nSPS) is 16.1. The highest BCUT2D eigenvalue weighted by atomic mass is 15.1. The summed E-state index contributed by atoms with van der Waals surface area (Å²) >= 11 is 0. The first-order valence-electron chi connectivity index (χ1n) is 22.0. The third-order valence-corrected chi connectivity index (χ3v) is 14.6. The number of fused-ring (bicyclic) bond motifs is 9. The van der Waals surface area contributed by atoms with Crippen molar-refractivity contribution >= 4 is 17.1 Å². The molecule has 0 heterocycles. The van der Waals surface area contributed by atoms with Gasteiger partial charge in [0.2, 0.25) is 0 Å². The van der Waals surface area contributed by atoms with E-state index < -0.39 is 0 Å². The lowest BCUT2D eigenvalue weighted by Gasteiger charge is -2.33. The Morgan fingerprint density at radius 2 is 0.833 bits per heavy atom. The molecule has 0 N–H and O–H groups in total. The lowest BCUT2D eigenvalue weighted by molar-refractivity contribution is 0.580. The van der Waals surface area contributed by atoms with Gasteiger partial charge in [-0.3, -0.25) is 0 Å². The molecule has 1 heteroatoms. The standard InChI is InChI=1S/C59H59N/c1-55(2,3)37-26-30-45-49(32-37)59(11,12)51-33-38(56(4,5)6)34-52(54(45)51)60(40-29-31-43-42-18-13-15-21-46(42)58(9,10)50(43)35-40)39-27-24-36(25-28-39)41-20-17-23-48-53(41)44-19-14-16-22-47(44)57(48,7)8/h13-35H,1-12H3. The molecular weight excluding hydrogens is 723 g/mol. The fourth-order valence-corrected chi connectivity index (χ4v) is 10.9. The van der Waals surface area contributed by atoms with Gasteiger partial charge in [0.15, 0.2) is 0 Å². The SMILES string of the molecule is CC(C)(C)c1ccc2c(c1)C(C)(C)c1cc(C(C)(C)C)cc(N(c3ccc(-c4cccc5c4-c4ccccc4C5(C)C)cc3)c3ccc4c(c3)C(C)(C)c3ccccc3-4)c1-2. The van der Waals surface area contributed by atoms with Crippen LogP contribution in [-0.4, -0.2) is 0 Å². The molecule has 3 aliphatic rings. The van der Waals surface area contributed by atoms with Gasteiger partial charge in [0.1, 0.15) is 0 Å². The first-order valence-corrected chi connectivity index (χ1v) is 22.0. The number of hydrogen-bond donors (Lipinski definition) is 0. The molecule has 0 unspecified atom stereocenters. The minimum Gasteiger partial charge on any atom is -0.310 e. The topological polar surface area (TPSA) is 3.24 Å². The van der Waals surface area contributed by atoms with E-state index in [1.165, 1.54) is 100 Å². The molecule has 0 aromatic heterocycles. The first-order chi connectivity index (χ1) is 28.3. The average molecular weight is 782 g/mol. The van der Waals surface area contributed by atoms with E-state index in [-0.39, 0.29) is 27.1 Å². The van der Waals surface area contributed by atoms with Crippen molar-refractivity contribution in [2.24, 2.45) is 0 Å². The van der Waals surface area contributed by atoms with Crippen LogP contribution in [0.15, 0.2) is 140 Å². The summed E-state index contributed by atoms with van der Waals surface area (Å²) in [4.78, 5) is 2.58. The third kappa shape index (κ3) is 5.50. The predicted octanol–water partition coefficient (Wildman–Crippen LogP) is 16.3. The number of rotatable bonds is 4. The van der Waals surface area contributed by atoms with Crippen LogP contribution in [0.3, 0.4) is 0 Å². The van der Waals surface area contributed by atoms with E-state index in [1.807, 2.05) is 0 Å². The molecule has 0 fully saturated rings. The van der Waals surface area contributed by atoms with Crippen molar-refractivity contribution in [3.05, 3.63) is 184 Å². The molecule has 0 aliphatic heterocycles. The average Bonchev–Trinajstić information content (AvgIpc) is 3.70. The second-order valence-corrected chi connectivity index (χ2v) is 21.5. The second-order valence-electron chi connectivity index (χ2n) is 21.5. The number of nitrogens with zero attached hydrogens (tertiary/aromatic N) is 1. The Labute approximate surface area is 359 Å². The Kier molecular flexibility index (Phi) is 8.15. The Morgan fingerprint density at radius 1 is 0.350 bits per heavy atom. The summed E-state index contributed by atoms with van der Waals surface area (Å²) in [6.07, 6.45) is 0. The van der Waals surface area contributed by atoms with Crippen LogP contribution in [0.2, 0.25) is 0 Å². The van der Waals surface area contributed by atoms with Crippen LogP contribution < -0.4 is 4.90 Å². The fraction of sp³-hybridized carbons (Fsp3) is 0.288. The van der Waals surface area contributed by atoms with E-state index >= 15 is 0 Å². The summed E-state index contributed by atoms with van der Waals surface area (Å²) in [5.74, 6) is 0. The van der Waals surface area contributed by atoms with Crippen LogP contribution in [0.5, 0.6) is 0 Å². The van der Waals surface area contributed by atoms with Gasteiger partial charge in [-0.05, 0) is 125 Å². The van der Waals surface area contributed by atoms with Crippen molar-refractivity contribution in [3.63, 3.8) is 0 Å². The second kappa shape index (κ2) is 12.7. The van der Waals surface area contributed by atoms with Crippen LogP contribution in [0.25, 0.3) is 44.5 Å². The lowest BCUT2D eigenvalue weighted by Crippen LogP contribution is -2.20. The largest absolute Gasteiger partial charge is 0.310 e. The first kappa shape index (κ1) is 38.5. The molecule has 300 valence electrons. The van der Waals surface area contributed by atoms with Gasteiger partial charge in [-0.1, -0.05) is 192 Å². The van der Waals surface area contributed by atoms with Gasteiger partial charge in [0.25, 0.3) is 0 Å². The maximum atomic E-state index is 2.58. The molecule has 0 atom stereocenters. The molecule has 0 saturated heterocycles. The third-order valence-electron chi connectivity index (χ3n) is 14.6. The minimum atomic E-state index is -0.170. The molecule has 0 spiro atoms. The zero-order valence-electron chi connectivity index (χ0n) is 37.7. The van der Waals surface area contributed by atoms with Gasteiger partial charge in [0, 0.05) is 33.2 Å². The summed E-state index contributed by atoms with van der Waals surface area (Å²) in [7, 11) is 0. The van der Waals surface area contributed by atoms with E-state index in [2.05, 4.69) is 228 Å². The summed E-state index contributed by atoms with van der Waals surface area (Å²) in [6, 6.07) is 53.9. The monoisotopic (exact) mass is 781 g/mol. The summed E-state index contributed by atoms with van der Waals surface area (Å²) in [6.45, 7) is 28.5. The summed E-state index contributed by atoms with van der Waals surface area (Å²) in [5, 5.41) is 0. The van der Waals surface area contributed by atoms with Crippen molar-refractivity contribution in [3.8, 4) is 44.5 Å². The van der Waals surface area contributed by atoms with Crippen molar-refractivity contribution in [1.82, 2.24) is 0 Å². The smallest absolute Gasteiger partial charge is 0.0546 e. The quantitative estimate of drug-likeness (QED) is 0.172. The fourth-order valence-electron chi connectivity index (χ4n) is 10.9. The van der Waals surface area contributed by atoms with E-state index in [0.717, 1.165) is 5.69 Å². The van der Waals surface area contributed by atoms with Gasteiger partial charge in [-0.15, -0.1) is 0 Å². The van der Waals surface area contributed by atoms with Gasteiger partial charge < -0.3 is 4.90 Å². The Balaban J connectivity index is 1.22. The van der Waals surface area contributed by atoms with E-state index in [9.17, 15) is 0 Å². The number of hydrogen-bond acceptors (Lipinski definition) is 1. The van der Waals surface area contributed by atoms with Crippen molar-refractivity contribution in [2.45, 2.75) is 110 Å². The Morgan fingerprint density at radius 3 is 1.52 bits per heavy atom. The highest BCUT2D eigenvalue weighted by Gasteiger charge is 2.42. The highest BCUT2D eigenvalue weighted by molar-refractivity contribution is 5.98. The van der Waals surface area contributed by atoms with Gasteiger partial charge in [0.05, 0.1) is 5.69 Å². The molecular formula is C59H59N. The highest BCUT2D eigenvalue weighted by Crippen LogP contribution is 2.58. The van der Waals surface area contributed by atoms with Crippen molar-refractivity contribution in [2.75, 3.05) is 4.90 Å². The molecule has 0 bridgehead atoms. The van der Waals surface area contributed by atoms with Crippen LogP contribution in [0.4, 0.5) is 17.1 Å². The predicted molar refractivity (Wildman–Crippen MR) is 257 cm³/mol. The molecule has 1 nitrogen and oxygen atoms in total. The van der Waals surface area contributed by atoms with Crippen LogP contribution in [-0.2, 0) is 27.1 Å². The number of benzene rings is 7. The summed E-state index contributed by atoms with van der Waals surface area (Å²) < 4.78 is 0. The van der Waals surface area contributed by atoms with Crippen molar-refractivity contribution in [1.29, 1.82) is 0 Å². The maximum Gasteiger partial charge on any atom is 0.0546 e. The van der Waals surface area contributed by atoms with E-state index in [0.29, 0.717) is 0 Å². The van der Waals surface area contributed by atoms with Crippen LogP contribution in [0, 0.1) is 0 Å². The number of anilines is 3. The molecule has 0 saturated carbocycles. The lowest BCUT2D eigenvalue weighted by atomic mass is 9.77. The van der Waals surface area contributed by atoms with E-state index in [1.54, 1.807) is 0 Å². The van der Waals surface area contributed by atoms with E-state index in [4.69, 9.17) is 0 Å². The Hall–Kier alpha value is -5.66. The molecule has 3 aliphatic carbocycles. The molecule has 7 aromatic carbocycles. The van der Waals surface area contributed by atoms with Gasteiger partial charge in [-0.25, -0.2) is 0 Å². The zero-order chi connectivity index (χ0) is 42.3. The molecule has 60 heavy (non-hydrogen) atoms. The van der Waals surface area contributed by atoms with Crippen LogP contribution in [0.1, 0.15) is 128 Å². The maximum absolute atomic E-state index is 2.58. The van der Waals surface area contributed by atoms with Crippen molar-refractivity contribution < 1.29 is 0 Å². The molecule has 10 rings (SSSR count). The van der Waals surface area contributed by atoms with Crippen LogP contribution >= 0.6 is 0 Å². The zero-order valence-corrected chi connectivity index (χ0v) is 37.7. The molecule has 7 aromatic rings. The molecule has 0 radical (unpaired) electrons. The Bertz CT molecular complexity index is 2900. The van der Waals surface area contributed by atoms with Gasteiger partial charge in [-0.2, -0.15) is 0 Å². The molecule has 0 amide bonds. The van der Waals surface area contributed by atoms with Gasteiger partial charge >= 0.3 is 0 Å². The summed E-state index contributed by atoms with van der Waals surface area (Å²) in [5.41, 5.74) is 25.0.